The van der Waals surface area contributed by atoms with Crippen LogP contribution in [0.15, 0.2) is 72.8 Å². The van der Waals surface area contributed by atoms with Crippen molar-refractivity contribution in [3.8, 4) is 0 Å². The summed E-state index contributed by atoms with van der Waals surface area (Å²) in [5.41, 5.74) is 6.30. The fraction of sp³-hybridized carbons (Fsp3) is 0.0455. The van der Waals surface area contributed by atoms with Crippen LogP contribution in [-0.4, -0.2) is 16.1 Å². The molecule has 0 heterocycles. The molecule has 0 aliphatic carbocycles. The largest absolute Gasteiger partial charge is 0.336 e. The van der Waals surface area contributed by atoms with Crippen molar-refractivity contribution < 1.29 is 0 Å². The standard InChI is InChI=1S/C22H17NS3/c24-14-18-8-2-1-7-17(18)13-23(21-11-5-3-9-19(21)15-25)22-12-6-4-10-20(22)16-26/h1-12,14-16H,13H2. The minimum atomic E-state index is 0.670. The van der Waals surface area contributed by atoms with E-state index in [1.54, 1.807) is 16.1 Å². The minimum absolute atomic E-state index is 0.670. The molecular weight excluding hydrogens is 374 g/mol. The van der Waals surface area contributed by atoms with Gasteiger partial charge in [-0.3, -0.25) is 0 Å². The van der Waals surface area contributed by atoms with Gasteiger partial charge in [-0.15, -0.1) is 0 Å². The third-order valence-electron chi connectivity index (χ3n) is 4.22. The van der Waals surface area contributed by atoms with E-state index in [0.29, 0.717) is 6.54 Å². The van der Waals surface area contributed by atoms with Gasteiger partial charge in [0, 0.05) is 45.1 Å². The third kappa shape index (κ3) is 3.93. The van der Waals surface area contributed by atoms with E-state index in [1.165, 1.54) is 0 Å². The highest BCUT2D eigenvalue weighted by molar-refractivity contribution is 7.79. The maximum Gasteiger partial charge on any atom is 0.0496 e. The summed E-state index contributed by atoms with van der Waals surface area (Å²) in [5.74, 6) is 0. The quantitative estimate of drug-likeness (QED) is 0.450. The zero-order valence-electron chi connectivity index (χ0n) is 14.0. The Bertz CT molecular complexity index is 898. The number of para-hydroxylation sites is 2. The number of hydrogen-bond acceptors (Lipinski definition) is 4. The van der Waals surface area contributed by atoms with Crippen LogP contribution in [0.4, 0.5) is 11.4 Å². The van der Waals surface area contributed by atoms with Crippen LogP contribution in [0.3, 0.4) is 0 Å². The van der Waals surface area contributed by atoms with Crippen LogP contribution in [0.2, 0.25) is 0 Å². The Labute approximate surface area is 170 Å². The fourth-order valence-electron chi connectivity index (χ4n) is 2.93. The van der Waals surface area contributed by atoms with Crippen molar-refractivity contribution in [1.82, 2.24) is 0 Å². The van der Waals surface area contributed by atoms with E-state index in [2.05, 4.69) is 23.1 Å². The highest BCUT2D eigenvalue weighted by Crippen LogP contribution is 2.32. The molecule has 128 valence electrons. The Hall–Kier alpha value is -2.27. The monoisotopic (exact) mass is 391 g/mol. The van der Waals surface area contributed by atoms with Crippen LogP contribution in [0, 0.1) is 0 Å². The molecule has 0 amide bonds. The summed E-state index contributed by atoms with van der Waals surface area (Å²) in [6.07, 6.45) is 0. The average molecular weight is 392 g/mol. The first-order valence-electron chi connectivity index (χ1n) is 8.17. The minimum Gasteiger partial charge on any atom is -0.336 e. The van der Waals surface area contributed by atoms with Crippen LogP contribution in [-0.2, 0) is 6.54 Å². The highest BCUT2D eigenvalue weighted by Gasteiger charge is 2.16. The van der Waals surface area contributed by atoms with Gasteiger partial charge in [0.15, 0.2) is 0 Å². The van der Waals surface area contributed by atoms with Gasteiger partial charge in [-0.2, -0.15) is 0 Å². The van der Waals surface area contributed by atoms with Crippen molar-refractivity contribution in [1.29, 1.82) is 0 Å². The molecule has 4 heteroatoms. The Morgan fingerprint density at radius 1 is 0.577 bits per heavy atom. The van der Waals surface area contributed by atoms with E-state index < -0.39 is 0 Å². The van der Waals surface area contributed by atoms with Crippen LogP contribution in [0.25, 0.3) is 0 Å². The molecule has 0 saturated heterocycles. The first kappa shape index (κ1) is 18.5. The average Bonchev–Trinajstić information content (AvgIpc) is 2.72. The molecule has 0 aliphatic heterocycles. The summed E-state index contributed by atoms with van der Waals surface area (Å²) >= 11 is 15.7. The summed E-state index contributed by atoms with van der Waals surface area (Å²) in [6.45, 7) is 0.670. The number of anilines is 2. The number of thiocarbonyl (C=S) groups is 3. The third-order valence-corrected chi connectivity index (χ3v) is 4.98. The molecular formula is C22H17NS3. The fourth-order valence-corrected chi connectivity index (χ4v) is 3.56. The summed E-state index contributed by atoms with van der Waals surface area (Å²) < 4.78 is 0. The summed E-state index contributed by atoms with van der Waals surface area (Å²) in [4.78, 5) is 2.24. The molecule has 0 aliphatic rings. The zero-order valence-corrected chi connectivity index (χ0v) is 16.5. The summed E-state index contributed by atoms with van der Waals surface area (Å²) in [5, 5.41) is 5.16. The maximum absolute atomic E-state index is 5.25. The predicted octanol–water partition coefficient (Wildman–Crippen LogP) is 6.07. The van der Waals surface area contributed by atoms with Crippen LogP contribution in [0.5, 0.6) is 0 Å². The molecule has 0 unspecified atom stereocenters. The number of hydrogen-bond donors (Lipinski definition) is 0. The number of nitrogens with zero attached hydrogens (tertiary/aromatic N) is 1. The van der Waals surface area contributed by atoms with E-state index in [0.717, 1.165) is 33.6 Å². The lowest BCUT2D eigenvalue weighted by Crippen LogP contribution is -2.20. The SMILES string of the molecule is S=Cc1ccccc1CN(c1ccccc1C=S)c1ccccc1C=S. The molecule has 0 radical (unpaired) electrons. The smallest absolute Gasteiger partial charge is 0.0496 e. The number of benzene rings is 3. The van der Waals surface area contributed by atoms with Gasteiger partial charge in [0.1, 0.15) is 0 Å². The first-order chi connectivity index (χ1) is 12.8. The highest BCUT2D eigenvalue weighted by atomic mass is 32.1. The normalized spacial score (nSPS) is 10.2. The van der Waals surface area contributed by atoms with Gasteiger partial charge in [0.25, 0.3) is 0 Å². The van der Waals surface area contributed by atoms with Crippen molar-refractivity contribution in [2.24, 2.45) is 0 Å². The van der Waals surface area contributed by atoms with Crippen molar-refractivity contribution in [3.63, 3.8) is 0 Å². The Morgan fingerprint density at radius 3 is 1.50 bits per heavy atom. The molecule has 0 atom stereocenters. The van der Waals surface area contributed by atoms with Gasteiger partial charge in [-0.25, -0.2) is 0 Å². The van der Waals surface area contributed by atoms with Gasteiger partial charge in [-0.05, 0) is 23.3 Å². The van der Waals surface area contributed by atoms with Crippen molar-refractivity contribution >= 4 is 64.1 Å². The van der Waals surface area contributed by atoms with E-state index in [4.69, 9.17) is 36.7 Å². The summed E-state index contributed by atoms with van der Waals surface area (Å²) in [6, 6.07) is 24.4. The van der Waals surface area contributed by atoms with Crippen LogP contribution < -0.4 is 4.90 Å². The topological polar surface area (TPSA) is 3.24 Å². The molecule has 0 fully saturated rings. The summed E-state index contributed by atoms with van der Waals surface area (Å²) in [7, 11) is 0. The Kier molecular flexibility index (Phi) is 6.34. The molecule has 3 aromatic rings. The second-order valence-electron chi connectivity index (χ2n) is 5.76. The first-order valence-corrected chi connectivity index (χ1v) is 9.59. The molecule has 3 aromatic carbocycles. The van der Waals surface area contributed by atoms with Crippen molar-refractivity contribution in [3.05, 3.63) is 95.1 Å². The lowest BCUT2D eigenvalue weighted by molar-refractivity contribution is 0.972. The molecule has 3 rings (SSSR count). The van der Waals surface area contributed by atoms with Gasteiger partial charge in [0.05, 0.1) is 0 Å². The van der Waals surface area contributed by atoms with E-state index in [1.807, 2.05) is 54.6 Å². The molecule has 0 N–H and O–H groups in total. The van der Waals surface area contributed by atoms with Gasteiger partial charge in [-0.1, -0.05) is 97.3 Å². The van der Waals surface area contributed by atoms with Crippen LogP contribution in [0.1, 0.15) is 22.3 Å². The number of rotatable bonds is 7. The molecule has 0 bridgehead atoms. The maximum atomic E-state index is 5.25. The second kappa shape index (κ2) is 8.90. The van der Waals surface area contributed by atoms with Gasteiger partial charge in [0.2, 0.25) is 0 Å². The Balaban J connectivity index is 2.17. The predicted molar refractivity (Wildman–Crippen MR) is 123 cm³/mol. The lowest BCUT2D eigenvalue weighted by Gasteiger charge is -2.28. The van der Waals surface area contributed by atoms with Gasteiger partial charge < -0.3 is 4.90 Å². The second-order valence-corrected chi connectivity index (χ2v) is 6.46. The van der Waals surface area contributed by atoms with E-state index in [9.17, 15) is 0 Å². The molecule has 0 aromatic heterocycles. The van der Waals surface area contributed by atoms with Crippen molar-refractivity contribution in [2.45, 2.75) is 6.54 Å². The zero-order chi connectivity index (χ0) is 18.4. The molecule has 0 spiro atoms. The van der Waals surface area contributed by atoms with Crippen molar-refractivity contribution in [2.75, 3.05) is 4.90 Å². The molecule has 0 saturated carbocycles. The molecule has 1 nitrogen and oxygen atoms in total. The van der Waals surface area contributed by atoms with Crippen LogP contribution >= 0.6 is 36.7 Å². The Morgan fingerprint density at radius 2 is 1.00 bits per heavy atom. The van der Waals surface area contributed by atoms with Gasteiger partial charge >= 0.3 is 0 Å². The van der Waals surface area contributed by atoms with E-state index in [-0.39, 0.29) is 0 Å². The lowest BCUT2D eigenvalue weighted by atomic mass is 10.0. The molecule has 26 heavy (non-hydrogen) atoms. The van der Waals surface area contributed by atoms with E-state index >= 15 is 0 Å².